The van der Waals surface area contributed by atoms with Gasteiger partial charge in [0.1, 0.15) is 12.2 Å². The fourth-order valence-corrected chi connectivity index (χ4v) is 1.66. The molecule has 1 heterocycles. The van der Waals surface area contributed by atoms with E-state index in [0.29, 0.717) is 4.90 Å². The van der Waals surface area contributed by atoms with E-state index in [4.69, 9.17) is 5.11 Å². The Morgan fingerprint density at radius 2 is 2.05 bits per heavy atom. The van der Waals surface area contributed by atoms with Crippen molar-refractivity contribution in [1.82, 2.24) is 9.88 Å². The second kappa shape index (κ2) is 6.38. The van der Waals surface area contributed by atoms with Crippen molar-refractivity contribution in [3.05, 3.63) is 41.7 Å². The zero-order valence-corrected chi connectivity index (χ0v) is 11.1. The number of hydrogen-bond donors (Lipinski definition) is 1. The minimum Gasteiger partial charge on any atom is -0.478 e. The van der Waals surface area contributed by atoms with Crippen molar-refractivity contribution >= 4 is 11.9 Å². The lowest BCUT2D eigenvalue weighted by Crippen LogP contribution is -2.39. The number of nitrogens with zero attached hydrogens (tertiary/aromatic N) is 2. The van der Waals surface area contributed by atoms with Crippen LogP contribution in [-0.2, 0) is 0 Å². The Morgan fingerprint density at radius 1 is 1.43 bits per heavy atom. The van der Waals surface area contributed by atoms with Gasteiger partial charge in [0, 0.05) is 6.54 Å². The minimum absolute atomic E-state index is 0.0545. The third kappa shape index (κ3) is 4.59. The van der Waals surface area contributed by atoms with Gasteiger partial charge in [-0.15, -0.1) is 6.58 Å². The Kier molecular flexibility index (Phi) is 5.07. The number of aromatic carboxylic acids is 1. The summed E-state index contributed by atoms with van der Waals surface area (Å²) in [5.74, 6) is -2.16. The van der Waals surface area contributed by atoms with Gasteiger partial charge in [-0.1, -0.05) is 6.08 Å². The van der Waals surface area contributed by atoms with E-state index in [2.05, 4.69) is 11.6 Å². The standard InChI is InChI=1S/C13H13F3N2O3/c1-3-6-18(7-13(14,15)16)11(19)10-5-4-9(12(20)21)8(2)17-10/h3-5H,1,6-7H2,2H3,(H,20,21). The summed E-state index contributed by atoms with van der Waals surface area (Å²) in [4.78, 5) is 27.1. The van der Waals surface area contributed by atoms with Crippen LogP contribution in [0.1, 0.15) is 26.5 Å². The predicted octanol–water partition coefficient (Wildman–Crippen LogP) is 2.28. The number of halogens is 3. The van der Waals surface area contributed by atoms with Crippen LogP contribution in [0.4, 0.5) is 13.2 Å². The molecule has 1 aromatic heterocycles. The molecule has 0 unspecified atom stereocenters. The van der Waals surface area contributed by atoms with Gasteiger partial charge in [-0.05, 0) is 19.1 Å². The van der Waals surface area contributed by atoms with E-state index in [1.54, 1.807) is 0 Å². The molecule has 0 aliphatic heterocycles. The molecule has 0 fully saturated rings. The zero-order chi connectivity index (χ0) is 16.2. The predicted molar refractivity (Wildman–Crippen MR) is 68.1 cm³/mol. The highest BCUT2D eigenvalue weighted by Gasteiger charge is 2.33. The third-order valence-electron chi connectivity index (χ3n) is 2.54. The van der Waals surface area contributed by atoms with E-state index in [1.807, 2.05) is 0 Å². The van der Waals surface area contributed by atoms with Gasteiger partial charge in [-0.25, -0.2) is 9.78 Å². The number of carbonyl (C=O) groups excluding carboxylic acids is 1. The van der Waals surface area contributed by atoms with E-state index >= 15 is 0 Å². The first-order chi connectivity index (χ1) is 9.65. The van der Waals surface area contributed by atoms with Crippen LogP contribution in [0.15, 0.2) is 24.8 Å². The molecule has 0 saturated heterocycles. The number of carbonyl (C=O) groups is 2. The van der Waals surface area contributed by atoms with Crippen molar-refractivity contribution in [3.8, 4) is 0 Å². The molecule has 114 valence electrons. The molecule has 21 heavy (non-hydrogen) atoms. The van der Waals surface area contributed by atoms with Crippen molar-refractivity contribution in [2.75, 3.05) is 13.1 Å². The lowest BCUT2D eigenvalue weighted by atomic mass is 10.2. The molecule has 0 bridgehead atoms. The lowest BCUT2D eigenvalue weighted by molar-refractivity contribution is -0.139. The fourth-order valence-electron chi connectivity index (χ4n) is 1.66. The normalized spacial score (nSPS) is 11.0. The Hall–Kier alpha value is -2.38. The van der Waals surface area contributed by atoms with Crippen LogP contribution in [0.5, 0.6) is 0 Å². The van der Waals surface area contributed by atoms with Gasteiger partial charge in [-0.2, -0.15) is 13.2 Å². The van der Waals surface area contributed by atoms with Gasteiger partial charge in [-0.3, -0.25) is 4.79 Å². The van der Waals surface area contributed by atoms with Crippen LogP contribution in [-0.4, -0.2) is 46.1 Å². The maximum absolute atomic E-state index is 12.4. The molecular weight excluding hydrogens is 289 g/mol. The van der Waals surface area contributed by atoms with E-state index in [-0.39, 0.29) is 23.5 Å². The Labute approximate surface area is 118 Å². The van der Waals surface area contributed by atoms with E-state index in [0.717, 1.165) is 12.1 Å². The molecule has 0 radical (unpaired) electrons. The summed E-state index contributed by atoms with van der Waals surface area (Å²) in [5.41, 5.74) is -0.305. The molecule has 5 nitrogen and oxygen atoms in total. The highest BCUT2D eigenvalue weighted by molar-refractivity contribution is 5.94. The Morgan fingerprint density at radius 3 is 2.48 bits per heavy atom. The van der Waals surface area contributed by atoms with Gasteiger partial charge >= 0.3 is 12.1 Å². The van der Waals surface area contributed by atoms with Crippen LogP contribution < -0.4 is 0 Å². The number of hydrogen-bond acceptors (Lipinski definition) is 3. The van der Waals surface area contributed by atoms with Gasteiger partial charge in [0.25, 0.3) is 5.91 Å². The summed E-state index contributed by atoms with van der Waals surface area (Å²) < 4.78 is 37.3. The monoisotopic (exact) mass is 302 g/mol. The van der Waals surface area contributed by atoms with E-state index < -0.39 is 24.6 Å². The van der Waals surface area contributed by atoms with Crippen LogP contribution in [0, 0.1) is 6.92 Å². The fraction of sp³-hybridized carbons (Fsp3) is 0.308. The number of carboxylic acid groups (broad SMARTS) is 1. The zero-order valence-electron chi connectivity index (χ0n) is 11.1. The highest BCUT2D eigenvalue weighted by atomic mass is 19.4. The van der Waals surface area contributed by atoms with Gasteiger partial charge in [0.05, 0.1) is 11.3 Å². The van der Waals surface area contributed by atoms with Crippen LogP contribution in [0.3, 0.4) is 0 Å². The Bertz CT molecular complexity index is 570. The second-order valence-corrected chi connectivity index (χ2v) is 4.22. The molecule has 0 atom stereocenters. The summed E-state index contributed by atoms with van der Waals surface area (Å²) in [7, 11) is 0. The lowest BCUT2D eigenvalue weighted by Gasteiger charge is -2.22. The first-order valence-electron chi connectivity index (χ1n) is 5.83. The van der Waals surface area contributed by atoms with E-state index in [1.165, 1.54) is 13.0 Å². The number of amides is 1. The summed E-state index contributed by atoms with van der Waals surface area (Å²) in [6.45, 7) is 2.94. The first kappa shape index (κ1) is 16.7. The van der Waals surface area contributed by atoms with Gasteiger partial charge in [0.2, 0.25) is 0 Å². The SMILES string of the molecule is C=CCN(CC(F)(F)F)C(=O)c1ccc(C(=O)O)c(C)n1. The maximum atomic E-state index is 12.4. The topological polar surface area (TPSA) is 70.5 Å². The van der Waals surface area contributed by atoms with Crippen molar-refractivity contribution in [1.29, 1.82) is 0 Å². The average molecular weight is 302 g/mol. The van der Waals surface area contributed by atoms with Crippen molar-refractivity contribution in [3.63, 3.8) is 0 Å². The third-order valence-corrected chi connectivity index (χ3v) is 2.54. The quantitative estimate of drug-likeness (QED) is 0.847. The molecule has 0 aromatic carbocycles. The number of alkyl halides is 3. The molecule has 0 aliphatic rings. The van der Waals surface area contributed by atoms with Crippen molar-refractivity contribution < 1.29 is 27.9 Å². The minimum atomic E-state index is -4.55. The number of carboxylic acids is 1. The second-order valence-electron chi connectivity index (χ2n) is 4.22. The largest absolute Gasteiger partial charge is 0.478 e. The number of rotatable bonds is 5. The number of pyridine rings is 1. The summed E-state index contributed by atoms with van der Waals surface area (Å²) in [6.07, 6.45) is -3.38. The highest BCUT2D eigenvalue weighted by Crippen LogP contribution is 2.18. The Balaban J connectivity index is 3.06. The maximum Gasteiger partial charge on any atom is 0.406 e. The smallest absolute Gasteiger partial charge is 0.406 e. The summed E-state index contributed by atoms with van der Waals surface area (Å²) in [6, 6.07) is 2.23. The molecule has 1 amide bonds. The van der Waals surface area contributed by atoms with Gasteiger partial charge in [0.15, 0.2) is 0 Å². The van der Waals surface area contributed by atoms with E-state index in [9.17, 15) is 22.8 Å². The van der Waals surface area contributed by atoms with Crippen LogP contribution in [0.25, 0.3) is 0 Å². The number of aryl methyl sites for hydroxylation is 1. The van der Waals surface area contributed by atoms with Crippen LogP contribution in [0.2, 0.25) is 0 Å². The molecule has 1 aromatic rings. The van der Waals surface area contributed by atoms with Gasteiger partial charge < -0.3 is 10.0 Å². The molecule has 0 saturated carbocycles. The summed E-state index contributed by atoms with van der Waals surface area (Å²) in [5, 5.41) is 8.84. The molecular formula is C13H13F3N2O3. The van der Waals surface area contributed by atoms with Crippen molar-refractivity contribution in [2.45, 2.75) is 13.1 Å². The van der Waals surface area contributed by atoms with Crippen LogP contribution >= 0.6 is 0 Å². The molecule has 0 aliphatic carbocycles. The summed E-state index contributed by atoms with van der Waals surface area (Å²) >= 11 is 0. The molecule has 1 rings (SSSR count). The first-order valence-corrected chi connectivity index (χ1v) is 5.83. The molecule has 8 heteroatoms. The molecule has 1 N–H and O–H groups in total. The molecule has 0 spiro atoms. The van der Waals surface area contributed by atoms with Crippen molar-refractivity contribution in [2.24, 2.45) is 0 Å². The number of aromatic nitrogens is 1. The average Bonchev–Trinajstić information content (AvgIpc) is 2.35.